The lowest BCUT2D eigenvalue weighted by Crippen LogP contribution is -2.42. The smallest absolute Gasteiger partial charge is 0.00915 e. The van der Waals surface area contributed by atoms with E-state index in [0.717, 1.165) is 17.9 Å². The fourth-order valence-electron chi connectivity index (χ4n) is 3.08. The monoisotopic (exact) mass is 224 g/mol. The zero-order valence-corrected chi connectivity index (χ0v) is 11.0. The highest BCUT2D eigenvalue weighted by atomic mass is 15.1. The molecular formula is C14H28N2. The van der Waals surface area contributed by atoms with Crippen molar-refractivity contribution in [1.29, 1.82) is 0 Å². The number of hydrogen-bond donors (Lipinski definition) is 1. The van der Waals surface area contributed by atoms with Crippen LogP contribution < -0.4 is 5.32 Å². The molecular weight excluding hydrogens is 196 g/mol. The summed E-state index contributed by atoms with van der Waals surface area (Å²) in [6.07, 6.45) is 8.53. The lowest BCUT2D eigenvalue weighted by molar-refractivity contribution is 0.217. The third-order valence-corrected chi connectivity index (χ3v) is 4.55. The van der Waals surface area contributed by atoms with Gasteiger partial charge in [0.05, 0.1) is 0 Å². The summed E-state index contributed by atoms with van der Waals surface area (Å²) in [5, 5.41) is 3.80. The molecule has 0 unspecified atom stereocenters. The van der Waals surface area contributed by atoms with Crippen LogP contribution in [0.25, 0.3) is 0 Å². The van der Waals surface area contributed by atoms with Crippen molar-refractivity contribution in [2.24, 2.45) is 11.8 Å². The summed E-state index contributed by atoms with van der Waals surface area (Å²) >= 11 is 0. The summed E-state index contributed by atoms with van der Waals surface area (Å²) in [5.74, 6) is 1.95. The number of nitrogens with zero attached hydrogens (tertiary/aromatic N) is 1. The maximum Gasteiger partial charge on any atom is 0.00915 e. The number of rotatable bonds is 3. The van der Waals surface area contributed by atoms with E-state index in [2.05, 4.69) is 24.2 Å². The second kappa shape index (κ2) is 6.02. The first-order valence-corrected chi connectivity index (χ1v) is 7.16. The lowest BCUT2D eigenvalue weighted by Gasteiger charge is -2.32. The van der Waals surface area contributed by atoms with Crippen molar-refractivity contribution in [3.8, 4) is 0 Å². The Morgan fingerprint density at radius 1 is 1.00 bits per heavy atom. The van der Waals surface area contributed by atoms with E-state index in [9.17, 15) is 0 Å². The number of nitrogens with one attached hydrogen (secondary N) is 1. The van der Waals surface area contributed by atoms with E-state index in [1.165, 1.54) is 58.2 Å². The Hall–Kier alpha value is -0.0800. The van der Waals surface area contributed by atoms with Crippen LogP contribution in [-0.4, -0.2) is 37.6 Å². The van der Waals surface area contributed by atoms with Gasteiger partial charge in [-0.3, -0.25) is 0 Å². The zero-order valence-electron chi connectivity index (χ0n) is 11.0. The molecule has 2 rings (SSSR count). The van der Waals surface area contributed by atoms with E-state index in [0.29, 0.717) is 0 Å². The molecule has 0 amide bonds. The molecule has 1 aliphatic heterocycles. The Labute approximate surface area is 101 Å². The van der Waals surface area contributed by atoms with Gasteiger partial charge in [0.15, 0.2) is 0 Å². The number of likely N-dealkylation sites (tertiary alicyclic amines) is 1. The van der Waals surface area contributed by atoms with E-state index in [-0.39, 0.29) is 0 Å². The highest BCUT2D eigenvalue weighted by Crippen LogP contribution is 2.27. The average molecular weight is 224 g/mol. The first-order valence-electron chi connectivity index (χ1n) is 7.16. The van der Waals surface area contributed by atoms with Gasteiger partial charge in [-0.1, -0.05) is 19.8 Å². The minimum Gasteiger partial charge on any atom is -0.314 e. The minimum atomic E-state index is 0.801. The van der Waals surface area contributed by atoms with Gasteiger partial charge in [-0.15, -0.1) is 0 Å². The summed E-state index contributed by atoms with van der Waals surface area (Å²) in [5.41, 5.74) is 0. The summed E-state index contributed by atoms with van der Waals surface area (Å²) < 4.78 is 0. The Morgan fingerprint density at radius 3 is 2.25 bits per heavy atom. The van der Waals surface area contributed by atoms with E-state index >= 15 is 0 Å². The summed E-state index contributed by atoms with van der Waals surface area (Å²) in [7, 11) is 2.23. The maximum atomic E-state index is 3.80. The van der Waals surface area contributed by atoms with Crippen molar-refractivity contribution in [3.05, 3.63) is 0 Å². The molecule has 2 fully saturated rings. The molecule has 2 heteroatoms. The summed E-state index contributed by atoms with van der Waals surface area (Å²) in [6, 6.07) is 0.801. The number of piperidine rings is 1. The summed E-state index contributed by atoms with van der Waals surface area (Å²) in [4.78, 5) is 2.44. The molecule has 0 spiro atoms. The van der Waals surface area contributed by atoms with Gasteiger partial charge in [-0.05, 0) is 64.2 Å². The average Bonchev–Trinajstić information content (AvgIpc) is 2.30. The first kappa shape index (κ1) is 12.4. The molecule has 0 aromatic rings. The molecule has 0 radical (unpaired) electrons. The van der Waals surface area contributed by atoms with Gasteiger partial charge in [0.25, 0.3) is 0 Å². The maximum absolute atomic E-state index is 3.80. The molecule has 2 nitrogen and oxygen atoms in total. The van der Waals surface area contributed by atoms with E-state index < -0.39 is 0 Å². The molecule has 2 aliphatic rings. The van der Waals surface area contributed by atoms with E-state index in [1.54, 1.807) is 0 Å². The zero-order chi connectivity index (χ0) is 11.4. The summed E-state index contributed by atoms with van der Waals surface area (Å²) in [6.45, 7) is 6.24. The van der Waals surface area contributed by atoms with Crippen LogP contribution in [0.1, 0.15) is 45.4 Å². The quantitative estimate of drug-likeness (QED) is 0.792. The molecule has 0 atom stereocenters. The van der Waals surface area contributed by atoms with Gasteiger partial charge in [0, 0.05) is 6.04 Å². The fourth-order valence-corrected chi connectivity index (χ4v) is 3.08. The first-order chi connectivity index (χ1) is 7.74. The lowest BCUT2D eigenvalue weighted by atomic mass is 9.83. The Bertz CT molecular complexity index is 167. The Balaban J connectivity index is 1.60. The van der Waals surface area contributed by atoms with Crippen LogP contribution in [0.3, 0.4) is 0 Å². The normalized spacial score (nSPS) is 34.1. The van der Waals surface area contributed by atoms with Crippen LogP contribution in [0, 0.1) is 11.8 Å². The van der Waals surface area contributed by atoms with Crippen molar-refractivity contribution >= 4 is 0 Å². The Morgan fingerprint density at radius 2 is 1.62 bits per heavy atom. The minimum absolute atomic E-state index is 0.801. The molecule has 16 heavy (non-hydrogen) atoms. The second-order valence-corrected chi connectivity index (χ2v) is 6.11. The largest absolute Gasteiger partial charge is 0.314 e. The Kier molecular flexibility index (Phi) is 4.66. The van der Waals surface area contributed by atoms with Crippen LogP contribution >= 0.6 is 0 Å². The molecule has 94 valence electrons. The van der Waals surface area contributed by atoms with E-state index in [4.69, 9.17) is 0 Å². The van der Waals surface area contributed by atoms with E-state index in [1.807, 2.05) is 0 Å². The van der Waals surface area contributed by atoms with Crippen LogP contribution in [0.15, 0.2) is 0 Å². The molecule has 1 aliphatic carbocycles. The van der Waals surface area contributed by atoms with Crippen molar-refractivity contribution in [2.75, 3.05) is 26.7 Å². The predicted octanol–water partition coefficient (Wildman–Crippen LogP) is 2.50. The molecule has 1 N–H and O–H groups in total. The van der Waals surface area contributed by atoms with Gasteiger partial charge in [0.1, 0.15) is 0 Å². The number of hydrogen-bond acceptors (Lipinski definition) is 2. The second-order valence-electron chi connectivity index (χ2n) is 6.11. The van der Waals surface area contributed by atoms with Crippen molar-refractivity contribution in [3.63, 3.8) is 0 Å². The van der Waals surface area contributed by atoms with Crippen molar-refractivity contribution < 1.29 is 0 Å². The van der Waals surface area contributed by atoms with Gasteiger partial charge >= 0.3 is 0 Å². The van der Waals surface area contributed by atoms with Gasteiger partial charge < -0.3 is 10.2 Å². The topological polar surface area (TPSA) is 15.3 Å². The molecule has 0 bridgehead atoms. The van der Waals surface area contributed by atoms with Crippen LogP contribution in [0.5, 0.6) is 0 Å². The SMILES string of the molecule is CC1CCC(CNC2CCN(C)CC2)CC1. The highest BCUT2D eigenvalue weighted by molar-refractivity contribution is 4.78. The predicted molar refractivity (Wildman–Crippen MR) is 69.6 cm³/mol. The molecule has 0 aromatic carbocycles. The van der Waals surface area contributed by atoms with Crippen LogP contribution in [0.4, 0.5) is 0 Å². The molecule has 1 saturated carbocycles. The molecule has 1 saturated heterocycles. The highest BCUT2D eigenvalue weighted by Gasteiger charge is 2.20. The third-order valence-electron chi connectivity index (χ3n) is 4.55. The van der Waals surface area contributed by atoms with Gasteiger partial charge in [0.2, 0.25) is 0 Å². The molecule has 1 heterocycles. The molecule has 0 aromatic heterocycles. The third kappa shape index (κ3) is 3.74. The fraction of sp³-hybridized carbons (Fsp3) is 1.00. The standard InChI is InChI=1S/C14H28N2/c1-12-3-5-13(6-4-12)11-15-14-7-9-16(2)10-8-14/h12-15H,3-11H2,1-2H3. The van der Waals surface area contributed by atoms with Gasteiger partial charge in [-0.2, -0.15) is 0 Å². The van der Waals surface area contributed by atoms with Crippen LogP contribution in [0.2, 0.25) is 0 Å². The van der Waals surface area contributed by atoms with Gasteiger partial charge in [-0.25, -0.2) is 0 Å². The van der Waals surface area contributed by atoms with Crippen molar-refractivity contribution in [2.45, 2.75) is 51.5 Å². The van der Waals surface area contributed by atoms with Crippen molar-refractivity contribution in [1.82, 2.24) is 10.2 Å². The van der Waals surface area contributed by atoms with Crippen LogP contribution in [-0.2, 0) is 0 Å².